The minimum absolute atomic E-state index is 0.631. The molecule has 0 saturated heterocycles. The van der Waals surface area contributed by atoms with E-state index in [9.17, 15) is 0 Å². The summed E-state index contributed by atoms with van der Waals surface area (Å²) in [5.41, 5.74) is 5.60. The van der Waals surface area contributed by atoms with E-state index in [1.165, 1.54) is 28.7 Å². The van der Waals surface area contributed by atoms with Gasteiger partial charge >= 0.3 is 0 Å². The van der Waals surface area contributed by atoms with Gasteiger partial charge in [0.05, 0.1) is 0 Å². The molecular weight excluding hydrogens is 216 g/mol. The lowest BCUT2D eigenvalue weighted by Gasteiger charge is -2.12. The van der Waals surface area contributed by atoms with Crippen molar-refractivity contribution >= 4 is 0 Å². The van der Waals surface area contributed by atoms with Crippen LogP contribution in [-0.4, -0.2) is 0 Å². The van der Waals surface area contributed by atoms with Gasteiger partial charge in [0.25, 0.3) is 0 Å². The molecule has 1 atom stereocenters. The molecule has 0 radical (unpaired) electrons. The summed E-state index contributed by atoms with van der Waals surface area (Å²) in [4.78, 5) is 0. The van der Waals surface area contributed by atoms with Crippen molar-refractivity contribution in [3.05, 3.63) is 70.8 Å². The molecule has 0 nitrogen and oxygen atoms in total. The van der Waals surface area contributed by atoms with Gasteiger partial charge in [-0.15, -0.1) is 0 Å². The predicted molar refractivity (Wildman–Crippen MR) is 79.1 cm³/mol. The minimum Gasteiger partial charge on any atom is -0.0617 e. The lowest BCUT2D eigenvalue weighted by atomic mass is 9.93. The van der Waals surface area contributed by atoms with Crippen LogP contribution in [0.2, 0.25) is 0 Å². The zero-order valence-corrected chi connectivity index (χ0v) is 11.6. The molecule has 0 heterocycles. The highest BCUT2D eigenvalue weighted by molar-refractivity contribution is 5.25. The van der Waals surface area contributed by atoms with Crippen molar-refractivity contribution in [1.29, 1.82) is 0 Å². The lowest BCUT2D eigenvalue weighted by Crippen LogP contribution is -1.96. The molecule has 0 amide bonds. The van der Waals surface area contributed by atoms with Crippen LogP contribution in [0.15, 0.2) is 48.5 Å². The third kappa shape index (κ3) is 3.46. The molecule has 0 heteroatoms. The highest BCUT2D eigenvalue weighted by Gasteiger charge is 2.05. The molecule has 2 aromatic carbocycles. The van der Waals surface area contributed by atoms with Crippen LogP contribution < -0.4 is 0 Å². The van der Waals surface area contributed by atoms with Crippen molar-refractivity contribution < 1.29 is 0 Å². The molecular formula is C18H22. The molecule has 0 fully saturated rings. The molecule has 0 bridgehead atoms. The largest absolute Gasteiger partial charge is 0.0617 e. The van der Waals surface area contributed by atoms with Crippen LogP contribution >= 0.6 is 0 Å². The molecule has 94 valence electrons. The highest BCUT2D eigenvalue weighted by atomic mass is 14.1. The van der Waals surface area contributed by atoms with Gasteiger partial charge in [0.1, 0.15) is 0 Å². The smallest absolute Gasteiger partial charge is 0.0187 e. The number of benzene rings is 2. The second-order valence-electron chi connectivity index (χ2n) is 5.34. The first kappa shape index (κ1) is 12.9. The number of hydrogen-bond donors (Lipinski definition) is 0. The molecule has 1 unspecified atom stereocenters. The van der Waals surface area contributed by atoms with Crippen LogP contribution in [0.25, 0.3) is 0 Å². The van der Waals surface area contributed by atoms with Crippen molar-refractivity contribution in [3.8, 4) is 0 Å². The zero-order valence-electron chi connectivity index (χ0n) is 11.6. The highest BCUT2D eigenvalue weighted by Crippen LogP contribution is 2.21. The Morgan fingerprint density at radius 1 is 0.889 bits per heavy atom. The summed E-state index contributed by atoms with van der Waals surface area (Å²) < 4.78 is 0. The standard InChI is InChI=1S/C18H22/c1-14-7-11-18(12-8-14)16(3)9-10-17-6-4-5-15(2)13-17/h4-8,11-13,16H,9-10H2,1-3H3. The first-order valence-corrected chi connectivity index (χ1v) is 6.77. The zero-order chi connectivity index (χ0) is 13.0. The summed E-state index contributed by atoms with van der Waals surface area (Å²) in [5, 5.41) is 0. The molecule has 0 aliphatic carbocycles. The maximum Gasteiger partial charge on any atom is -0.0187 e. The van der Waals surface area contributed by atoms with Crippen LogP contribution in [0.5, 0.6) is 0 Å². The van der Waals surface area contributed by atoms with Crippen LogP contribution in [0, 0.1) is 13.8 Å². The van der Waals surface area contributed by atoms with Crippen LogP contribution in [0.4, 0.5) is 0 Å². The van der Waals surface area contributed by atoms with Gasteiger partial charge in [-0.25, -0.2) is 0 Å². The average Bonchev–Trinajstić information content (AvgIpc) is 2.37. The van der Waals surface area contributed by atoms with Crippen LogP contribution in [-0.2, 0) is 6.42 Å². The normalized spacial score (nSPS) is 12.4. The van der Waals surface area contributed by atoms with E-state index in [-0.39, 0.29) is 0 Å². The molecule has 0 N–H and O–H groups in total. The van der Waals surface area contributed by atoms with Crippen molar-refractivity contribution in [3.63, 3.8) is 0 Å². The second-order valence-corrected chi connectivity index (χ2v) is 5.34. The monoisotopic (exact) mass is 238 g/mol. The van der Waals surface area contributed by atoms with E-state index < -0.39 is 0 Å². The van der Waals surface area contributed by atoms with Crippen LogP contribution in [0.3, 0.4) is 0 Å². The van der Waals surface area contributed by atoms with Gasteiger partial charge in [0, 0.05) is 0 Å². The predicted octanol–water partition coefficient (Wildman–Crippen LogP) is 5.04. The summed E-state index contributed by atoms with van der Waals surface area (Å²) >= 11 is 0. The lowest BCUT2D eigenvalue weighted by molar-refractivity contribution is 0.679. The van der Waals surface area contributed by atoms with E-state index in [1.807, 2.05) is 0 Å². The first-order chi connectivity index (χ1) is 8.65. The van der Waals surface area contributed by atoms with Gasteiger partial charge in [-0.1, -0.05) is 66.6 Å². The summed E-state index contributed by atoms with van der Waals surface area (Å²) in [6.45, 7) is 6.62. The van der Waals surface area contributed by atoms with Gasteiger partial charge < -0.3 is 0 Å². The number of rotatable bonds is 4. The first-order valence-electron chi connectivity index (χ1n) is 6.77. The summed E-state index contributed by atoms with van der Waals surface area (Å²) in [6, 6.07) is 17.8. The maximum atomic E-state index is 2.32. The van der Waals surface area contributed by atoms with Gasteiger partial charge in [-0.3, -0.25) is 0 Å². The third-order valence-corrected chi connectivity index (χ3v) is 3.59. The van der Waals surface area contributed by atoms with E-state index in [2.05, 4.69) is 69.3 Å². The average molecular weight is 238 g/mol. The Balaban J connectivity index is 1.96. The number of aryl methyl sites for hydroxylation is 3. The molecule has 18 heavy (non-hydrogen) atoms. The molecule has 2 aromatic rings. The van der Waals surface area contributed by atoms with Crippen molar-refractivity contribution in [1.82, 2.24) is 0 Å². The van der Waals surface area contributed by atoms with Crippen molar-refractivity contribution in [2.75, 3.05) is 0 Å². The fraction of sp³-hybridized carbons (Fsp3) is 0.333. The molecule has 2 rings (SSSR count). The SMILES string of the molecule is Cc1ccc(C(C)CCc2cccc(C)c2)cc1. The molecule has 0 saturated carbocycles. The van der Waals surface area contributed by atoms with E-state index >= 15 is 0 Å². The number of hydrogen-bond acceptors (Lipinski definition) is 0. The summed E-state index contributed by atoms with van der Waals surface area (Å²) in [6.07, 6.45) is 2.38. The Hall–Kier alpha value is -1.56. The van der Waals surface area contributed by atoms with Gasteiger partial charge in [-0.2, -0.15) is 0 Å². The Morgan fingerprint density at radius 3 is 2.28 bits per heavy atom. The Labute approximate surface area is 111 Å². The molecule has 0 aliphatic heterocycles. The Kier molecular flexibility index (Phi) is 4.19. The van der Waals surface area contributed by atoms with Gasteiger partial charge in [-0.05, 0) is 43.7 Å². The summed E-state index contributed by atoms with van der Waals surface area (Å²) in [7, 11) is 0. The summed E-state index contributed by atoms with van der Waals surface area (Å²) in [5.74, 6) is 0.631. The van der Waals surface area contributed by atoms with Crippen molar-refractivity contribution in [2.24, 2.45) is 0 Å². The fourth-order valence-corrected chi connectivity index (χ4v) is 2.31. The van der Waals surface area contributed by atoms with Crippen LogP contribution in [0.1, 0.15) is 41.5 Å². The third-order valence-electron chi connectivity index (χ3n) is 3.59. The topological polar surface area (TPSA) is 0 Å². The molecule has 0 aliphatic rings. The van der Waals surface area contributed by atoms with E-state index in [0.717, 1.165) is 6.42 Å². The van der Waals surface area contributed by atoms with E-state index in [0.29, 0.717) is 5.92 Å². The second kappa shape index (κ2) is 5.86. The quantitative estimate of drug-likeness (QED) is 0.700. The maximum absolute atomic E-state index is 2.32. The van der Waals surface area contributed by atoms with E-state index in [4.69, 9.17) is 0 Å². The molecule has 0 spiro atoms. The minimum atomic E-state index is 0.631. The fourth-order valence-electron chi connectivity index (χ4n) is 2.31. The Morgan fingerprint density at radius 2 is 1.61 bits per heavy atom. The Bertz CT molecular complexity index is 494. The van der Waals surface area contributed by atoms with Gasteiger partial charge in [0.15, 0.2) is 0 Å². The molecule has 0 aromatic heterocycles. The van der Waals surface area contributed by atoms with Gasteiger partial charge in [0.2, 0.25) is 0 Å². The van der Waals surface area contributed by atoms with E-state index in [1.54, 1.807) is 0 Å². The van der Waals surface area contributed by atoms with Crippen molar-refractivity contribution in [2.45, 2.75) is 39.5 Å².